The molecule has 2 heterocycles. The lowest BCUT2D eigenvalue weighted by Crippen LogP contribution is -1.93. The summed E-state index contributed by atoms with van der Waals surface area (Å²) in [5.74, 6) is 0.497. The van der Waals surface area contributed by atoms with Crippen LogP contribution in [0.25, 0.3) is 11.3 Å². The van der Waals surface area contributed by atoms with E-state index < -0.39 is 0 Å². The molecule has 2 N–H and O–H groups in total. The average Bonchev–Trinajstić information content (AvgIpc) is 2.22. The molecular weight excluding hydrogens is 254 g/mol. The van der Waals surface area contributed by atoms with Gasteiger partial charge in [0.2, 0.25) is 0 Å². The molecule has 0 amide bonds. The normalized spacial score (nSPS) is 10.3. The summed E-state index contributed by atoms with van der Waals surface area (Å²) in [6.07, 6.45) is 1.69. The van der Waals surface area contributed by atoms with Gasteiger partial charge in [-0.05, 0) is 41.1 Å². The fourth-order valence-electron chi connectivity index (χ4n) is 1.34. The van der Waals surface area contributed by atoms with Gasteiger partial charge in [-0.3, -0.25) is 4.98 Å². The molecule has 0 spiro atoms. The summed E-state index contributed by atoms with van der Waals surface area (Å²) in [5.41, 5.74) is 8.49. The zero-order chi connectivity index (χ0) is 10.8. The van der Waals surface area contributed by atoms with Crippen molar-refractivity contribution in [1.82, 2.24) is 9.97 Å². The van der Waals surface area contributed by atoms with Crippen molar-refractivity contribution in [2.45, 2.75) is 6.92 Å². The third kappa shape index (κ3) is 2.15. The standard InChI is InChI=1S/C11H10BrN3/c1-7-3-2-4-10(15-7)8-5-11(13)14-6-9(8)12/h2-6H,1H3,(H2,13,14). The van der Waals surface area contributed by atoms with E-state index in [1.165, 1.54) is 0 Å². The molecule has 0 aliphatic carbocycles. The molecule has 0 fully saturated rings. The van der Waals surface area contributed by atoms with Gasteiger partial charge in [0.15, 0.2) is 0 Å². The topological polar surface area (TPSA) is 51.8 Å². The van der Waals surface area contributed by atoms with Crippen molar-refractivity contribution in [3.8, 4) is 11.3 Å². The van der Waals surface area contributed by atoms with Crippen molar-refractivity contribution in [2.75, 3.05) is 5.73 Å². The lowest BCUT2D eigenvalue weighted by atomic mass is 10.1. The highest BCUT2D eigenvalue weighted by molar-refractivity contribution is 9.10. The number of nitrogens with two attached hydrogens (primary N) is 1. The third-order valence-electron chi connectivity index (χ3n) is 2.04. The molecule has 0 radical (unpaired) electrons. The van der Waals surface area contributed by atoms with E-state index in [9.17, 15) is 0 Å². The molecule has 0 saturated carbocycles. The summed E-state index contributed by atoms with van der Waals surface area (Å²) >= 11 is 3.43. The van der Waals surface area contributed by atoms with Gasteiger partial charge in [0.1, 0.15) is 5.82 Å². The van der Waals surface area contributed by atoms with Gasteiger partial charge in [-0.15, -0.1) is 0 Å². The summed E-state index contributed by atoms with van der Waals surface area (Å²) in [5, 5.41) is 0. The molecule has 2 aromatic heterocycles. The first-order chi connectivity index (χ1) is 7.16. The first-order valence-corrected chi connectivity index (χ1v) is 5.31. The predicted octanol–water partition coefficient (Wildman–Crippen LogP) is 2.80. The Morgan fingerprint density at radius 1 is 1.33 bits per heavy atom. The molecular formula is C11H10BrN3. The van der Waals surface area contributed by atoms with Crippen LogP contribution in [0.4, 0.5) is 5.82 Å². The predicted molar refractivity (Wildman–Crippen MR) is 64.3 cm³/mol. The molecule has 0 aliphatic heterocycles. The highest BCUT2D eigenvalue weighted by atomic mass is 79.9. The van der Waals surface area contributed by atoms with E-state index in [1.54, 1.807) is 6.20 Å². The molecule has 2 rings (SSSR count). The van der Waals surface area contributed by atoms with E-state index in [4.69, 9.17) is 5.73 Å². The molecule has 3 nitrogen and oxygen atoms in total. The fourth-order valence-corrected chi connectivity index (χ4v) is 1.76. The van der Waals surface area contributed by atoms with Crippen LogP contribution in [0.3, 0.4) is 0 Å². The second-order valence-electron chi connectivity index (χ2n) is 3.25. The molecule has 0 unspecified atom stereocenters. The highest BCUT2D eigenvalue weighted by Crippen LogP contribution is 2.27. The van der Waals surface area contributed by atoms with Gasteiger partial charge in [-0.2, -0.15) is 0 Å². The van der Waals surface area contributed by atoms with Crippen LogP contribution >= 0.6 is 15.9 Å². The molecule has 2 aromatic rings. The van der Waals surface area contributed by atoms with Crippen molar-refractivity contribution in [3.05, 3.63) is 40.6 Å². The number of hydrogen-bond donors (Lipinski definition) is 1. The number of pyridine rings is 2. The van der Waals surface area contributed by atoms with Crippen molar-refractivity contribution < 1.29 is 0 Å². The van der Waals surface area contributed by atoms with E-state index >= 15 is 0 Å². The maximum absolute atomic E-state index is 5.64. The zero-order valence-electron chi connectivity index (χ0n) is 8.24. The van der Waals surface area contributed by atoms with Gasteiger partial charge < -0.3 is 5.73 Å². The van der Waals surface area contributed by atoms with Crippen molar-refractivity contribution in [3.63, 3.8) is 0 Å². The van der Waals surface area contributed by atoms with Crippen LogP contribution < -0.4 is 5.73 Å². The van der Waals surface area contributed by atoms with Crippen molar-refractivity contribution in [1.29, 1.82) is 0 Å². The van der Waals surface area contributed by atoms with E-state index in [2.05, 4.69) is 25.9 Å². The van der Waals surface area contributed by atoms with Crippen LogP contribution in [-0.2, 0) is 0 Å². The van der Waals surface area contributed by atoms with Crippen LogP contribution in [0.2, 0.25) is 0 Å². The second kappa shape index (κ2) is 3.98. The van der Waals surface area contributed by atoms with Crippen molar-refractivity contribution >= 4 is 21.7 Å². The summed E-state index contributed by atoms with van der Waals surface area (Å²) in [6.45, 7) is 1.96. The molecule has 15 heavy (non-hydrogen) atoms. The maximum atomic E-state index is 5.64. The van der Waals surface area contributed by atoms with Crippen molar-refractivity contribution in [2.24, 2.45) is 0 Å². The Morgan fingerprint density at radius 3 is 2.87 bits per heavy atom. The van der Waals surface area contributed by atoms with Crippen LogP contribution in [0, 0.1) is 6.92 Å². The van der Waals surface area contributed by atoms with Gasteiger partial charge in [0.25, 0.3) is 0 Å². The van der Waals surface area contributed by atoms with E-state index in [-0.39, 0.29) is 0 Å². The molecule has 0 saturated heterocycles. The van der Waals surface area contributed by atoms with Gasteiger partial charge in [-0.25, -0.2) is 4.98 Å². The Bertz CT molecular complexity index is 497. The zero-order valence-corrected chi connectivity index (χ0v) is 9.82. The Kier molecular flexibility index (Phi) is 2.68. The molecule has 0 bridgehead atoms. The van der Waals surface area contributed by atoms with E-state index in [0.717, 1.165) is 21.4 Å². The van der Waals surface area contributed by atoms with Crippen LogP contribution in [0.1, 0.15) is 5.69 Å². The first-order valence-electron chi connectivity index (χ1n) is 4.52. The largest absolute Gasteiger partial charge is 0.384 e. The Hall–Kier alpha value is -1.42. The quantitative estimate of drug-likeness (QED) is 0.861. The number of nitrogens with zero attached hydrogens (tertiary/aromatic N) is 2. The number of halogens is 1. The number of nitrogen functional groups attached to an aromatic ring is 1. The number of hydrogen-bond acceptors (Lipinski definition) is 3. The number of aryl methyl sites for hydroxylation is 1. The maximum Gasteiger partial charge on any atom is 0.124 e. The lowest BCUT2D eigenvalue weighted by molar-refractivity contribution is 1.20. The van der Waals surface area contributed by atoms with E-state index in [0.29, 0.717) is 5.82 Å². The molecule has 0 aliphatic rings. The number of rotatable bonds is 1. The molecule has 0 aromatic carbocycles. The first kappa shape index (κ1) is 10.1. The Balaban J connectivity index is 2.58. The van der Waals surface area contributed by atoms with Crippen LogP contribution in [0.5, 0.6) is 0 Å². The minimum atomic E-state index is 0.497. The van der Waals surface area contributed by atoms with Crippen LogP contribution in [-0.4, -0.2) is 9.97 Å². The summed E-state index contributed by atoms with van der Waals surface area (Å²) < 4.78 is 0.898. The summed E-state index contributed by atoms with van der Waals surface area (Å²) in [7, 11) is 0. The monoisotopic (exact) mass is 263 g/mol. The SMILES string of the molecule is Cc1cccc(-c2cc(N)ncc2Br)n1. The molecule has 0 atom stereocenters. The third-order valence-corrected chi connectivity index (χ3v) is 2.67. The highest BCUT2D eigenvalue weighted by Gasteiger charge is 2.05. The lowest BCUT2D eigenvalue weighted by Gasteiger charge is -2.05. The van der Waals surface area contributed by atoms with Gasteiger partial charge >= 0.3 is 0 Å². The number of aromatic nitrogens is 2. The fraction of sp³-hybridized carbons (Fsp3) is 0.0909. The van der Waals surface area contributed by atoms with Crippen LogP contribution in [0.15, 0.2) is 34.9 Å². The summed E-state index contributed by atoms with van der Waals surface area (Å²) in [6, 6.07) is 7.70. The minimum Gasteiger partial charge on any atom is -0.384 e. The average molecular weight is 264 g/mol. The van der Waals surface area contributed by atoms with Gasteiger partial charge in [0.05, 0.1) is 5.69 Å². The molecule has 4 heteroatoms. The minimum absolute atomic E-state index is 0.497. The number of anilines is 1. The molecule has 76 valence electrons. The van der Waals surface area contributed by atoms with Gasteiger partial charge in [0, 0.05) is 21.9 Å². The summed E-state index contributed by atoms with van der Waals surface area (Å²) in [4.78, 5) is 8.42. The van der Waals surface area contributed by atoms with E-state index in [1.807, 2.05) is 31.2 Å². The smallest absolute Gasteiger partial charge is 0.124 e. The second-order valence-corrected chi connectivity index (χ2v) is 4.11. The Morgan fingerprint density at radius 2 is 2.13 bits per heavy atom. The van der Waals surface area contributed by atoms with Gasteiger partial charge in [-0.1, -0.05) is 6.07 Å². The Labute approximate surface area is 96.5 Å².